The van der Waals surface area contributed by atoms with Crippen molar-refractivity contribution in [2.45, 2.75) is 18.9 Å². The summed E-state index contributed by atoms with van der Waals surface area (Å²) in [6.45, 7) is 0.476. The smallest absolute Gasteiger partial charge is 0.300 e. The third-order valence-corrected chi connectivity index (χ3v) is 3.66. The number of aliphatic hydroxyl groups excluding tert-OH is 1. The number of rotatable bonds is 5. The molecule has 8 heteroatoms. The summed E-state index contributed by atoms with van der Waals surface area (Å²) >= 11 is 0. The number of nitro groups is 1. The molecule has 1 aliphatic carbocycles. The molecule has 0 atom stereocenters. The van der Waals surface area contributed by atoms with Gasteiger partial charge in [0, 0.05) is 26.7 Å². The van der Waals surface area contributed by atoms with Crippen molar-refractivity contribution in [2.24, 2.45) is 5.92 Å². The molecule has 1 saturated carbocycles. The Morgan fingerprint density at radius 1 is 1.62 bits per heavy atom. The van der Waals surface area contributed by atoms with Crippen LogP contribution in [0.3, 0.4) is 0 Å². The van der Waals surface area contributed by atoms with Gasteiger partial charge in [-0.25, -0.2) is 4.98 Å². The zero-order valence-corrected chi connectivity index (χ0v) is 11.9. The first kappa shape index (κ1) is 15.2. The van der Waals surface area contributed by atoms with Gasteiger partial charge in [0.1, 0.15) is 17.6 Å². The third-order valence-electron chi connectivity index (χ3n) is 3.66. The summed E-state index contributed by atoms with van der Waals surface area (Å²) in [4.78, 5) is 28.1. The average molecular weight is 294 g/mol. The molecule has 0 aromatic carbocycles. The maximum absolute atomic E-state index is 12.4. The minimum atomic E-state index is -0.611. The number of amides is 1. The van der Waals surface area contributed by atoms with Gasteiger partial charge in [0.25, 0.3) is 11.6 Å². The van der Waals surface area contributed by atoms with E-state index in [4.69, 9.17) is 0 Å². The molecular formula is C13H18N4O4. The summed E-state index contributed by atoms with van der Waals surface area (Å²) in [5.74, 6) is 0.233. The number of nitrogens with zero attached hydrogens (tertiary/aromatic N) is 3. The van der Waals surface area contributed by atoms with Crippen molar-refractivity contribution < 1.29 is 14.8 Å². The van der Waals surface area contributed by atoms with E-state index in [0.29, 0.717) is 25.2 Å². The SMILES string of the molecule is CNc1cc(C(=O)N(C)CC2CC(O)C2)c([N+](=O)[O-])cn1. The number of anilines is 1. The van der Waals surface area contributed by atoms with Gasteiger partial charge in [0.15, 0.2) is 0 Å². The number of carbonyl (C=O) groups is 1. The number of carbonyl (C=O) groups excluding carboxylic acids is 1. The van der Waals surface area contributed by atoms with E-state index in [9.17, 15) is 20.0 Å². The maximum atomic E-state index is 12.4. The highest BCUT2D eigenvalue weighted by atomic mass is 16.6. The van der Waals surface area contributed by atoms with Gasteiger partial charge in [-0.05, 0) is 18.8 Å². The molecular weight excluding hydrogens is 276 g/mol. The molecule has 0 radical (unpaired) electrons. The lowest BCUT2D eigenvalue weighted by atomic mass is 9.82. The number of hydrogen-bond donors (Lipinski definition) is 2. The van der Waals surface area contributed by atoms with E-state index in [1.807, 2.05) is 0 Å². The second-order valence-corrected chi connectivity index (χ2v) is 5.27. The molecule has 0 aliphatic heterocycles. The highest BCUT2D eigenvalue weighted by molar-refractivity contribution is 5.98. The summed E-state index contributed by atoms with van der Waals surface area (Å²) in [6.07, 6.45) is 2.13. The molecule has 114 valence electrons. The van der Waals surface area contributed by atoms with Crippen LogP contribution in [-0.2, 0) is 0 Å². The molecule has 1 heterocycles. The van der Waals surface area contributed by atoms with Crippen molar-refractivity contribution in [3.63, 3.8) is 0 Å². The first-order valence-electron chi connectivity index (χ1n) is 6.68. The van der Waals surface area contributed by atoms with Gasteiger partial charge in [-0.1, -0.05) is 0 Å². The second-order valence-electron chi connectivity index (χ2n) is 5.27. The minimum absolute atomic E-state index is 0.0155. The van der Waals surface area contributed by atoms with E-state index >= 15 is 0 Å². The zero-order valence-electron chi connectivity index (χ0n) is 11.9. The third kappa shape index (κ3) is 3.27. The van der Waals surface area contributed by atoms with Crippen LogP contribution in [0.5, 0.6) is 0 Å². The van der Waals surface area contributed by atoms with Crippen LogP contribution in [0.25, 0.3) is 0 Å². The molecule has 1 fully saturated rings. The van der Waals surface area contributed by atoms with Crippen LogP contribution in [-0.4, -0.2) is 52.6 Å². The van der Waals surface area contributed by atoms with Gasteiger partial charge < -0.3 is 15.3 Å². The van der Waals surface area contributed by atoms with Gasteiger partial charge in [-0.15, -0.1) is 0 Å². The topological polar surface area (TPSA) is 109 Å². The normalized spacial score (nSPS) is 20.5. The molecule has 1 aromatic heterocycles. The van der Waals surface area contributed by atoms with Crippen LogP contribution in [0.2, 0.25) is 0 Å². The number of aromatic nitrogens is 1. The molecule has 21 heavy (non-hydrogen) atoms. The Bertz CT molecular complexity index is 557. The van der Waals surface area contributed by atoms with E-state index in [2.05, 4.69) is 10.3 Å². The van der Waals surface area contributed by atoms with Crippen LogP contribution in [0.4, 0.5) is 11.5 Å². The summed E-state index contributed by atoms with van der Waals surface area (Å²) < 4.78 is 0. The lowest BCUT2D eigenvalue weighted by Gasteiger charge is -2.34. The van der Waals surface area contributed by atoms with Crippen molar-refractivity contribution >= 4 is 17.4 Å². The molecule has 1 aliphatic rings. The molecule has 1 aromatic rings. The number of pyridine rings is 1. The van der Waals surface area contributed by atoms with E-state index in [1.165, 1.54) is 11.0 Å². The number of hydrogen-bond acceptors (Lipinski definition) is 6. The second kappa shape index (κ2) is 6.04. The van der Waals surface area contributed by atoms with E-state index in [1.54, 1.807) is 14.1 Å². The Balaban J connectivity index is 2.18. The standard InChI is InChI=1S/C13H18N4O4/c1-14-12-5-10(11(6-15-12)17(20)21)13(19)16(2)7-8-3-9(18)4-8/h5-6,8-9,18H,3-4,7H2,1-2H3,(H,14,15). The molecule has 0 spiro atoms. The van der Waals surface area contributed by atoms with Crippen LogP contribution in [0.15, 0.2) is 12.3 Å². The van der Waals surface area contributed by atoms with Crippen molar-refractivity contribution in [1.29, 1.82) is 0 Å². The van der Waals surface area contributed by atoms with Gasteiger partial charge in [-0.2, -0.15) is 0 Å². The van der Waals surface area contributed by atoms with Crippen LogP contribution in [0, 0.1) is 16.0 Å². The Morgan fingerprint density at radius 3 is 2.81 bits per heavy atom. The van der Waals surface area contributed by atoms with Gasteiger partial charge >= 0.3 is 0 Å². The van der Waals surface area contributed by atoms with Gasteiger partial charge in [-0.3, -0.25) is 14.9 Å². The highest BCUT2D eigenvalue weighted by Crippen LogP contribution is 2.29. The molecule has 0 saturated heterocycles. The van der Waals surface area contributed by atoms with Crippen molar-refractivity contribution in [2.75, 3.05) is 26.0 Å². The van der Waals surface area contributed by atoms with Crippen LogP contribution < -0.4 is 5.32 Å². The molecule has 0 unspecified atom stereocenters. The molecule has 2 rings (SSSR count). The molecule has 1 amide bonds. The predicted molar refractivity (Wildman–Crippen MR) is 76.1 cm³/mol. The lowest BCUT2D eigenvalue weighted by Crippen LogP contribution is -2.39. The lowest BCUT2D eigenvalue weighted by molar-refractivity contribution is -0.385. The van der Waals surface area contributed by atoms with E-state index in [0.717, 1.165) is 6.20 Å². The van der Waals surface area contributed by atoms with Gasteiger partial charge in [0.2, 0.25) is 0 Å². The fraction of sp³-hybridized carbons (Fsp3) is 0.538. The predicted octanol–water partition coefficient (Wildman–Crippen LogP) is 0.874. The first-order valence-corrected chi connectivity index (χ1v) is 6.68. The fourth-order valence-electron chi connectivity index (χ4n) is 2.43. The van der Waals surface area contributed by atoms with Crippen molar-refractivity contribution in [3.8, 4) is 0 Å². The summed E-state index contributed by atoms with van der Waals surface area (Å²) in [6, 6.07) is 1.38. The average Bonchev–Trinajstić information content (AvgIpc) is 2.43. The molecule has 2 N–H and O–H groups in total. The quantitative estimate of drug-likeness (QED) is 0.616. The monoisotopic (exact) mass is 294 g/mol. The van der Waals surface area contributed by atoms with Gasteiger partial charge in [0.05, 0.1) is 11.0 Å². The number of aliphatic hydroxyl groups is 1. The Kier molecular flexibility index (Phi) is 4.37. The largest absolute Gasteiger partial charge is 0.393 e. The molecule has 8 nitrogen and oxygen atoms in total. The highest BCUT2D eigenvalue weighted by Gasteiger charge is 2.31. The van der Waals surface area contributed by atoms with E-state index < -0.39 is 10.8 Å². The Labute approximate surface area is 121 Å². The zero-order chi connectivity index (χ0) is 15.6. The Hall–Kier alpha value is -2.22. The summed E-state index contributed by atoms with van der Waals surface area (Å²) in [5.41, 5.74) is -0.291. The van der Waals surface area contributed by atoms with E-state index in [-0.39, 0.29) is 23.3 Å². The van der Waals surface area contributed by atoms with Crippen molar-refractivity contribution in [3.05, 3.63) is 27.9 Å². The first-order chi connectivity index (χ1) is 9.92. The fourth-order valence-corrected chi connectivity index (χ4v) is 2.43. The van der Waals surface area contributed by atoms with Crippen LogP contribution >= 0.6 is 0 Å². The molecule has 0 bridgehead atoms. The Morgan fingerprint density at radius 2 is 2.29 bits per heavy atom. The summed E-state index contributed by atoms with van der Waals surface area (Å²) in [5, 5.41) is 23.0. The minimum Gasteiger partial charge on any atom is -0.393 e. The van der Waals surface area contributed by atoms with Crippen molar-refractivity contribution in [1.82, 2.24) is 9.88 Å². The maximum Gasteiger partial charge on any atom is 0.300 e. The van der Waals surface area contributed by atoms with Crippen LogP contribution in [0.1, 0.15) is 23.2 Å². The summed E-state index contributed by atoms with van der Waals surface area (Å²) in [7, 11) is 3.23. The number of nitrogens with one attached hydrogen (secondary N) is 1.